The van der Waals surface area contributed by atoms with E-state index in [1.165, 1.54) is 22.3 Å². The van der Waals surface area contributed by atoms with Crippen LogP contribution in [0.2, 0.25) is 0 Å². The number of carbonyl (C=O) groups is 1. The van der Waals surface area contributed by atoms with Crippen LogP contribution < -0.4 is 18.9 Å². The van der Waals surface area contributed by atoms with E-state index >= 15 is 0 Å². The Kier molecular flexibility index (Phi) is 7.95. The number of hydrogen-bond donors (Lipinski definition) is 0. The smallest absolute Gasteiger partial charge is 0.161 e. The fourth-order valence-corrected chi connectivity index (χ4v) is 5.04. The van der Waals surface area contributed by atoms with Gasteiger partial charge in [-0.3, -0.25) is 14.6 Å². The van der Waals surface area contributed by atoms with Crippen LogP contribution in [0.3, 0.4) is 0 Å². The van der Waals surface area contributed by atoms with Crippen LogP contribution in [0.4, 0.5) is 0 Å². The van der Waals surface area contributed by atoms with Crippen LogP contribution in [0.15, 0.2) is 24.3 Å². The summed E-state index contributed by atoms with van der Waals surface area (Å²) in [4.78, 5) is 17.4. The summed E-state index contributed by atoms with van der Waals surface area (Å²) in [6, 6.07) is 8.29. The molecule has 4 rings (SSSR count). The molecule has 2 aliphatic heterocycles. The van der Waals surface area contributed by atoms with E-state index < -0.39 is 0 Å². The molecule has 184 valence electrons. The first kappa shape index (κ1) is 24.4. The van der Waals surface area contributed by atoms with E-state index in [0.29, 0.717) is 18.7 Å². The van der Waals surface area contributed by atoms with E-state index in [-0.39, 0.29) is 0 Å². The molecule has 0 bridgehead atoms. The zero-order chi connectivity index (χ0) is 24.1. The van der Waals surface area contributed by atoms with Crippen LogP contribution in [-0.2, 0) is 30.7 Å². The number of fused-ring (bicyclic) bond motifs is 2. The Hall–Kier alpha value is -2.77. The van der Waals surface area contributed by atoms with Crippen molar-refractivity contribution in [2.75, 3.05) is 54.6 Å². The third-order valence-electron chi connectivity index (χ3n) is 6.92. The maximum atomic E-state index is 12.7. The van der Waals surface area contributed by atoms with Gasteiger partial charge in [-0.1, -0.05) is 0 Å². The van der Waals surface area contributed by atoms with E-state index in [0.717, 1.165) is 75.0 Å². The lowest BCUT2D eigenvalue weighted by atomic mass is 9.98. The first-order valence-corrected chi connectivity index (χ1v) is 12.0. The van der Waals surface area contributed by atoms with E-state index in [1.54, 1.807) is 28.4 Å². The molecule has 0 unspecified atom stereocenters. The molecule has 0 N–H and O–H groups in total. The lowest BCUT2D eigenvalue weighted by Crippen LogP contribution is -2.35. The maximum absolute atomic E-state index is 12.7. The zero-order valence-electron chi connectivity index (χ0n) is 20.8. The maximum Gasteiger partial charge on any atom is 0.161 e. The second kappa shape index (κ2) is 11.1. The number of ketones is 1. The van der Waals surface area contributed by atoms with Crippen LogP contribution in [0.25, 0.3) is 0 Å². The van der Waals surface area contributed by atoms with Crippen molar-refractivity contribution in [2.24, 2.45) is 0 Å². The van der Waals surface area contributed by atoms with Gasteiger partial charge >= 0.3 is 0 Å². The van der Waals surface area contributed by atoms with Gasteiger partial charge < -0.3 is 18.9 Å². The molecule has 2 aromatic carbocycles. The van der Waals surface area contributed by atoms with Gasteiger partial charge in [-0.25, -0.2) is 0 Å². The molecular weight excluding hydrogens is 432 g/mol. The Balaban J connectivity index is 1.25. The summed E-state index contributed by atoms with van der Waals surface area (Å²) in [6.07, 6.45) is 3.41. The normalized spacial score (nSPS) is 15.9. The lowest BCUT2D eigenvalue weighted by Gasteiger charge is -2.30. The number of hydrogen-bond acceptors (Lipinski definition) is 7. The Morgan fingerprint density at radius 1 is 0.706 bits per heavy atom. The van der Waals surface area contributed by atoms with Crippen molar-refractivity contribution in [2.45, 2.75) is 38.8 Å². The standard InChI is InChI=1S/C27H36N2O5/c1-31-24-12-19-7-10-28(16-21(19)14-26(24)33-3)9-5-6-23(30)18-29-11-8-20-13-25(32-2)27(34-4)15-22(20)17-29/h12-15H,5-11,16-18H2,1-4H3. The van der Waals surface area contributed by atoms with Crippen LogP contribution in [0, 0.1) is 0 Å². The van der Waals surface area contributed by atoms with Crippen LogP contribution in [0.1, 0.15) is 35.1 Å². The Morgan fingerprint density at radius 3 is 1.65 bits per heavy atom. The van der Waals surface area contributed by atoms with Gasteiger partial charge in [0.2, 0.25) is 0 Å². The molecule has 0 aromatic heterocycles. The summed E-state index contributed by atoms with van der Waals surface area (Å²) < 4.78 is 21.8. The van der Waals surface area contributed by atoms with Crippen molar-refractivity contribution in [3.05, 3.63) is 46.5 Å². The van der Waals surface area contributed by atoms with Gasteiger partial charge in [0, 0.05) is 32.6 Å². The number of Topliss-reactive ketones (excluding diaryl/α,β-unsaturated/α-hetero) is 1. The van der Waals surface area contributed by atoms with Gasteiger partial charge in [0.25, 0.3) is 0 Å². The molecule has 2 heterocycles. The molecule has 7 nitrogen and oxygen atoms in total. The van der Waals surface area contributed by atoms with Crippen molar-refractivity contribution in [3.63, 3.8) is 0 Å². The molecule has 0 spiro atoms. The fraction of sp³-hybridized carbons (Fsp3) is 0.519. The van der Waals surface area contributed by atoms with Gasteiger partial charge in [0.15, 0.2) is 23.0 Å². The minimum absolute atomic E-state index is 0.313. The van der Waals surface area contributed by atoms with E-state index in [1.807, 2.05) is 6.07 Å². The second-order valence-electron chi connectivity index (χ2n) is 9.08. The first-order chi connectivity index (χ1) is 16.5. The summed E-state index contributed by atoms with van der Waals surface area (Å²) in [5.41, 5.74) is 5.11. The predicted octanol–water partition coefficient (Wildman–Crippen LogP) is 3.49. The Morgan fingerprint density at radius 2 is 1.15 bits per heavy atom. The molecule has 0 fully saturated rings. The molecule has 2 aliphatic rings. The van der Waals surface area contributed by atoms with Crippen molar-refractivity contribution in [1.82, 2.24) is 9.80 Å². The Bertz CT molecular complexity index is 1020. The highest BCUT2D eigenvalue weighted by Crippen LogP contribution is 2.34. The molecule has 0 saturated heterocycles. The molecular formula is C27H36N2O5. The highest BCUT2D eigenvalue weighted by atomic mass is 16.5. The van der Waals surface area contributed by atoms with Gasteiger partial charge in [-0.05, 0) is 72.3 Å². The molecule has 34 heavy (non-hydrogen) atoms. The summed E-state index contributed by atoms with van der Waals surface area (Å²) in [7, 11) is 6.66. The highest BCUT2D eigenvalue weighted by Gasteiger charge is 2.22. The quantitative estimate of drug-likeness (QED) is 0.529. The predicted molar refractivity (Wildman–Crippen MR) is 131 cm³/mol. The number of carbonyl (C=O) groups excluding carboxylic acids is 1. The lowest BCUT2D eigenvalue weighted by molar-refractivity contribution is -0.120. The highest BCUT2D eigenvalue weighted by molar-refractivity contribution is 5.80. The molecule has 2 aromatic rings. The zero-order valence-corrected chi connectivity index (χ0v) is 20.8. The van der Waals surface area contributed by atoms with Gasteiger partial charge in [0.1, 0.15) is 5.78 Å². The molecule has 0 saturated carbocycles. The topological polar surface area (TPSA) is 60.5 Å². The average Bonchev–Trinajstić information content (AvgIpc) is 2.86. The van der Waals surface area contributed by atoms with Crippen molar-refractivity contribution in [1.29, 1.82) is 0 Å². The second-order valence-corrected chi connectivity index (χ2v) is 9.08. The van der Waals surface area contributed by atoms with E-state index in [2.05, 4.69) is 28.0 Å². The third-order valence-corrected chi connectivity index (χ3v) is 6.92. The number of nitrogens with zero attached hydrogens (tertiary/aromatic N) is 2. The largest absolute Gasteiger partial charge is 0.493 e. The average molecular weight is 469 g/mol. The molecule has 7 heteroatoms. The van der Waals surface area contributed by atoms with Gasteiger partial charge in [0.05, 0.1) is 35.0 Å². The van der Waals surface area contributed by atoms with Crippen molar-refractivity contribution in [3.8, 4) is 23.0 Å². The van der Waals surface area contributed by atoms with Crippen molar-refractivity contribution >= 4 is 5.78 Å². The number of rotatable bonds is 10. The van der Waals surface area contributed by atoms with Crippen LogP contribution >= 0.6 is 0 Å². The fourth-order valence-electron chi connectivity index (χ4n) is 5.04. The number of methoxy groups -OCH3 is 4. The summed E-state index contributed by atoms with van der Waals surface area (Å²) in [5, 5.41) is 0. The third kappa shape index (κ3) is 5.47. The van der Waals surface area contributed by atoms with Gasteiger partial charge in [-0.15, -0.1) is 0 Å². The number of benzene rings is 2. The van der Waals surface area contributed by atoms with Crippen molar-refractivity contribution < 1.29 is 23.7 Å². The summed E-state index contributed by atoms with van der Waals surface area (Å²) >= 11 is 0. The van der Waals surface area contributed by atoms with E-state index in [9.17, 15) is 4.79 Å². The molecule has 0 aliphatic carbocycles. The molecule has 0 atom stereocenters. The monoisotopic (exact) mass is 468 g/mol. The van der Waals surface area contributed by atoms with Crippen LogP contribution in [-0.4, -0.2) is 70.2 Å². The molecule has 0 radical (unpaired) electrons. The van der Waals surface area contributed by atoms with E-state index in [4.69, 9.17) is 18.9 Å². The van der Waals surface area contributed by atoms with Gasteiger partial charge in [-0.2, -0.15) is 0 Å². The minimum atomic E-state index is 0.313. The van der Waals surface area contributed by atoms with Crippen LogP contribution in [0.5, 0.6) is 23.0 Å². The first-order valence-electron chi connectivity index (χ1n) is 12.0. The SMILES string of the molecule is COc1cc2c(cc1OC)CN(CCCC(=O)CN1CCc3cc(OC)c(OC)cc3C1)CC2. The number of ether oxygens (including phenoxy) is 4. The summed E-state index contributed by atoms with van der Waals surface area (Å²) in [5.74, 6) is 3.39. The minimum Gasteiger partial charge on any atom is -0.493 e. The molecule has 0 amide bonds. The summed E-state index contributed by atoms with van der Waals surface area (Å²) in [6.45, 7) is 4.99. The Labute approximate surface area is 202 Å².